The summed E-state index contributed by atoms with van der Waals surface area (Å²) in [5.74, 6) is 0.0728. The molecule has 1 atom stereocenters. The van der Waals surface area contributed by atoms with Crippen LogP contribution < -0.4 is 16.0 Å². The summed E-state index contributed by atoms with van der Waals surface area (Å²) in [4.78, 5) is 12.6. The average Bonchev–Trinajstić information content (AvgIpc) is 3.29. The van der Waals surface area contributed by atoms with Crippen LogP contribution in [0, 0.1) is 5.41 Å². The largest absolute Gasteiger partial charge is 0.351 e. The number of carbonyl (C=O) groups excluding carboxylic acids is 1. The van der Waals surface area contributed by atoms with Crippen molar-refractivity contribution in [3.63, 3.8) is 0 Å². The number of rotatable bonds is 4. The first-order valence-corrected chi connectivity index (χ1v) is 9.53. The van der Waals surface area contributed by atoms with E-state index in [9.17, 15) is 4.79 Å². The molecule has 2 fully saturated rings. The predicted octanol–water partition coefficient (Wildman–Crippen LogP) is 2.08. The van der Waals surface area contributed by atoms with E-state index in [2.05, 4.69) is 26.1 Å². The Bertz CT molecular complexity index is 766. The molecule has 4 N–H and O–H groups in total. The molecule has 4 rings (SSSR count). The Morgan fingerprint density at radius 2 is 2.04 bits per heavy atom. The second-order valence-corrected chi connectivity index (χ2v) is 7.82. The molecule has 2 aliphatic rings. The van der Waals surface area contributed by atoms with Crippen molar-refractivity contribution in [3.05, 3.63) is 41.0 Å². The van der Waals surface area contributed by atoms with Gasteiger partial charge in [0.05, 0.1) is 17.9 Å². The van der Waals surface area contributed by atoms with Crippen molar-refractivity contribution in [2.45, 2.75) is 31.8 Å². The lowest BCUT2D eigenvalue weighted by molar-refractivity contribution is -0.123. The number of aromatic nitrogens is 2. The second kappa shape index (κ2) is 7.39. The molecule has 26 heavy (non-hydrogen) atoms. The van der Waals surface area contributed by atoms with Crippen LogP contribution in [0.1, 0.15) is 24.8 Å². The van der Waals surface area contributed by atoms with Gasteiger partial charge in [0.1, 0.15) is 0 Å². The van der Waals surface area contributed by atoms with Crippen LogP contribution in [0.3, 0.4) is 0 Å². The van der Waals surface area contributed by atoms with Gasteiger partial charge in [-0.05, 0) is 55.5 Å². The highest BCUT2D eigenvalue weighted by atomic mass is 35.5. The number of hydrogen-bond acceptors (Lipinski definition) is 4. The summed E-state index contributed by atoms with van der Waals surface area (Å²) in [6, 6.07) is 7.49. The van der Waals surface area contributed by atoms with Gasteiger partial charge in [-0.15, -0.1) is 0 Å². The zero-order chi connectivity index (χ0) is 18.0. The molecular weight excluding hydrogens is 350 g/mol. The van der Waals surface area contributed by atoms with Gasteiger partial charge in [0, 0.05) is 23.7 Å². The van der Waals surface area contributed by atoms with Crippen LogP contribution in [0.5, 0.6) is 0 Å². The molecule has 0 saturated carbocycles. The minimum Gasteiger partial charge on any atom is -0.351 e. The van der Waals surface area contributed by atoms with Crippen LogP contribution in [-0.2, 0) is 11.3 Å². The van der Waals surface area contributed by atoms with Gasteiger partial charge in [-0.1, -0.05) is 23.7 Å². The van der Waals surface area contributed by atoms with Gasteiger partial charge in [0.2, 0.25) is 5.91 Å². The first-order valence-electron chi connectivity index (χ1n) is 9.15. The topological polar surface area (TPSA) is 81.8 Å². The number of hydrogen-bond donors (Lipinski definition) is 4. The van der Waals surface area contributed by atoms with Crippen LogP contribution in [0.4, 0.5) is 0 Å². The lowest BCUT2D eigenvalue weighted by atomic mass is 9.77. The van der Waals surface area contributed by atoms with Gasteiger partial charge in [-0.2, -0.15) is 5.10 Å². The van der Waals surface area contributed by atoms with E-state index in [-0.39, 0.29) is 17.4 Å². The molecule has 1 spiro atoms. The number of H-pyrrole nitrogens is 1. The maximum absolute atomic E-state index is 12.6. The van der Waals surface area contributed by atoms with E-state index in [0.717, 1.165) is 55.7 Å². The van der Waals surface area contributed by atoms with Gasteiger partial charge in [-0.25, -0.2) is 0 Å². The highest BCUT2D eigenvalue weighted by Crippen LogP contribution is 2.37. The number of piperidine rings is 1. The Hall–Kier alpha value is -1.89. The van der Waals surface area contributed by atoms with Gasteiger partial charge in [-0.3, -0.25) is 9.89 Å². The first kappa shape index (κ1) is 17.5. The van der Waals surface area contributed by atoms with Crippen LogP contribution in [0.2, 0.25) is 5.02 Å². The average molecular weight is 374 g/mol. The molecule has 6 nitrogen and oxygen atoms in total. The number of amides is 1. The maximum atomic E-state index is 12.6. The molecular formula is C19H24ClN5O. The van der Waals surface area contributed by atoms with Crippen molar-refractivity contribution in [2.75, 3.05) is 19.6 Å². The highest BCUT2D eigenvalue weighted by Gasteiger charge is 2.42. The third kappa shape index (κ3) is 3.63. The molecule has 1 aromatic carbocycles. The smallest absolute Gasteiger partial charge is 0.237 e. The monoisotopic (exact) mass is 373 g/mol. The molecule has 1 unspecified atom stereocenters. The third-order valence-corrected chi connectivity index (χ3v) is 5.90. The van der Waals surface area contributed by atoms with Gasteiger partial charge in [0.25, 0.3) is 0 Å². The maximum Gasteiger partial charge on any atom is 0.237 e. The molecule has 0 bridgehead atoms. The number of nitrogens with one attached hydrogen (secondary N) is 4. The molecule has 1 aromatic heterocycles. The van der Waals surface area contributed by atoms with Crippen molar-refractivity contribution in [2.24, 2.45) is 5.41 Å². The van der Waals surface area contributed by atoms with E-state index >= 15 is 0 Å². The number of aromatic amines is 1. The summed E-state index contributed by atoms with van der Waals surface area (Å²) in [7, 11) is 0. The summed E-state index contributed by atoms with van der Waals surface area (Å²) in [6.07, 6.45) is 4.98. The molecule has 1 amide bonds. The Morgan fingerprint density at radius 1 is 1.27 bits per heavy atom. The lowest BCUT2D eigenvalue weighted by Crippen LogP contribution is -2.40. The van der Waals surface area contributed by atoms with Crippen LogP contribution in [-0.4, -0.2) is 41.8 Å². The van der Waals surface area contributed by atoms with Crippen molar-refractivity contribution in [1.82, 2.24) is 26.1 Å². The van der Waals surface area contributed by atoms with Crippen LogP contribution in [0.25, 0.3) is 11.3 Å². The molecule has 2 aromatic rings. The quantitative estimate of drug-likeness (QED) is 0.661. The van der Waals surface area contributed by atoms with Crippen molar-refractivity contribution < 1.29 is 4.79 Å². The van der Waals surface area contributed by atoms with E-state index in [4.69, 9.17) is 11.6 Å². The summed E-state index contributed by atoms with van der Waals surface area (Å²) in [6.45, 7) is 3.50. The summed E-state index contributed by atoms with van der Waals surface area (Å²) in [5.41, 5.74) is 3.17. The predicted molar refractivity (Wildman–Crippen MR) is 102 cm³/mol. The van der Waals surface area contributed by atoms with Crippen LogP contribution >= 0.6 is 11.6 Å². The zero-order valence-electron chi connectivity index (χ0n) is 14.6. The lowest BCUT2D eigenvalue weighted by Gasteiger charge is -2.33. The summed E-state index contributed by atoms with van der Waals surface area (Å²) >= 11 is 5.96. The first-order chi connectivity index (χ1) is 12.7. The van der Waals surface area contributed by atoms with Crippen molar-refractivity contribution >= 4 is 17.5 Å². The Labute approximate surface area is 158 Å². The van der Waals surface area contributed by atoms with E-state index in [1.54, 1.807) is 6.20 Å². The summed E-state index contributed by atoms with van der Waals surface area (Å²) < 4.78 is 0. The molecule has 2 saturated heterocycles. The minimum absolute atomic E-state index is 0.0728. The Balaban J connectivity index is 1.37. The number of halogens is 1. The van der Waals surface area contributed by atoms with Crippen molar-refractivity contribution in [1.29, 1.82) is 0 Å². The van der Waals surface area contributed by atoms with E-state index in [1.807, 2.05) is 24.3 Å². The van der Waals surface area contributed by atoms with Crippen LogP contribution in [0.15, 0.2) is 30.5 Å². The fourth-order valence-corrected chi connectivity index (χ4v) is 4.18. The SMILES string of the molecule is O=C(NCc1cn[nH]c1-c1ccc(Cl)cc1)C1CC2(CCNCC2)CN1. The second-order valence-electron chi connectivity index (χ2n) is 7.38. The fourth-order valence-electron chi connectivity index (χ4n) is 4.06. The third-order valence-electron chi connectivity index (χ3n) is 5.65. The van der Waals surface area contributed by atoms with E-state index < -0.39 is 0 Å². The Morgan fingerprint density at radius 3 is 2.81 bits per heavy atom. The molecule has 0 aliphatic carbocycles. The highest BCUT2D eigenvalue weighted by molar-refractivity contribution is 6.30. The molecule has 3 heterocycles. The molecule has 138 valence electrons. The number of benzene rings is 1. The Kier molecular flexibility index (Phi) is 4.98. The fraction of sp³-hybridized carbons (Fsp3) is 0.474. The van der Waals surface area contributed by atoms with Crippen molar-refractivity contribution in [3.8, 4) is 11.3 Å². The number of nitrogens with zero attached hydrogens (tertiary/aromatic N) is 1. The molecule has 0 radical (unpaired) electrons. The van der Waals surface area contributed by atoms with E-state index in [1.165, 1.54) is 0 Å². The van der Waals surface area contributed by atoms with Gasteiger partial charge < -0.3 is 16.0 Å². The normalized spacial score (nSPS) is 21.8. The number of carbonyl (C=O) groups is 1. The molecule has 7 heteroatoms. The zero-order valence-corrected chi connectivity index (χ0v) is 15.4. The molecule has 2 aliphatic heterocycles. The summed E-state index contributed by atoms with van der Waals surface area (Å²) in [5, 5.41) is 17.7. The minimum atomic E-state index is -0.0982. The standard InChI is InChI=1S/C19H24ClN5O/c20-15-3-1-13(2-4-15)17-14(11-24-25-17)10-22-18(26)16-9-19(12-23-16)5-7-21-8-6-19/h1-4,11,16,21,23H,5-10,12H2,(H,22,26)(H,24,25). The van der Waals surface area contributed by atoms with Gasteiger partial charge >= 0.3 is 0 Å². The van der Waals surface area contributed by atoms with E-state index in [0.29, 0.717) is 11.6 Å². The van der Waals surface area contributed by atoms with Gasteiger partial charge in [0.15, 0.2) is 0 Å².